The highest BCUT2D eigenvalue weighted by molar-refractivity contribution is 5.83. The normalized spacial score (nSPS) is 23.3. The molecule has 1 rings (SSSR count). The molecule has 1 unspecified atom stereocenters. The predicted molar refractivity (Wildman–Crippen MR) is 78.0 cm³/mol. The Labute approximate surface area is 117 Å². The zero-order chi connectivity index (χ0) is 14.1. The fraction of sp³-hybridized carbons (Fsp3) is 0.933. The maximum Gasteiger partial charge on any atom is 0.229 e. The first-order valence-electron chi connectivity index (χ1n) is 7.73. The first-order valence-corrected chi connectivity index (χ1v) is 7.73. The van der Waals surface area contributed by atoms with Crippen LogP contribution in [-0.4, -0.2) is 49.2 Å². The van der Waals surface area contributed by atoms with Crippen LogP contribution >= 0.6 is 0 Å². The summed E-state index contributed by atoms with van der Waals surface area (Å²) in [6, 6.07) is 0. The molecule has 1 fully saturated rings. The number of hydrogen-bond acceptors (Lipinski definition) is 3. The molecule has 2 N–H and O–H groups in total. The van der Waals surface area contributed by atoms with E-state index in [2.05, 4.69) is 12.2 Å². The number of carbonyl (C=O) groups is 1. The predicted octanol–water partition coefficient (Wildman–Crippen LogP) is 1.78. The summed E-state index contributed by atoms with van der Waals surface area (Å²) in [5, 5.41) is 12.2. The molecule has 4 nitrogen and oxygen atoms in total. The lowest BCUT2D eigenvalue weighted by molar-refractivity contribution is -0.142. The molecule has 0 saturated carbocycles. The van der Waals surface area contributed by atoms with Crippen molar-refractivity contribution in [2.75, 3.05) is 33.3 Å². The lowest BCUT2D eigenvalue weighted by Crippen LogP contribution is -2.51. The van der Waals surface area contributed by atoms with Crippen LogP contribution < -0.4 is 5.32 Å². The van der Waals surface area contributed by atoms with E-state index in [9.17, 15) is 4.79 Å². The van der Waals surface area contributed by atoms with Crippen molar-refractivity contribution in [3.63, 3.8) is 0 Å². The second-order valence-electron chi connectivity index (χ2n) is 5.82. The van der Waals surface area contributed by atoms with Crippen molar-refractivity contribution in [3.8, 4) is 0 Å². The Balaban J connectivity index is 2.50. The average molecular weight is 270 g/mol. The minimum atomic E-state index is -0.168. The third kappa shape index (κ3) is 4.77. The third-order valence-corrected chi connectivity index (χ3v) is 4.15. The van der Waals surface area contributed by atoms with Crippen molar-refractivity contribution in [3.05, 3.63) is 0 Å². The second-order valence-corrected chi connectivity index (χ2v) is 5.82. The van der Waals surface area contributed by atoms with E-state index in [1.165, 1.54) is 0 Å². The topological polar surface area (TPSA) is 52.6 Å². The minimum Gasteiger partial charge on any atom is -0.396 e. The van der Waals surface area contributed by atoms with Crippen LogP contribution in [0.15, 0.2) is 0 Å². The highest BCUT2D eigenvalue weighted by Gasteiger charge is 2.40. The number of nitrogens with one attached hydrogen (secondary N) is 1. The molecule has 1 saturated heterocycles. The molecule has 1 amide bonds. The standard InChI is InChI=1S/C15H30N2O2/c1-3-8-15(9-7-10-16-13-15)14(19)17(2)11-5-4-6-12-18/h16,18H,3-13H2,1-2H3. The van der Waals surface area contributed by atoms with Crippen LogP contribution in [0.1, 0.15) is 51.9 Å². The number of rotatable bonds is 8. The summed E-state index contributed by atoms with van der Waals surface area (Å²) in [6.45, 7) is 5.09. The van der Waals surface area contributed by atoms with Crippen molar-refractivity contribution in [1.82, 2.24) is 10.2 Å². The van der Waals surface area contributed by atoms with Crippen LogP contribution in [0.5, 0.6) is 0 Å². The summed E-state index contributed by atoms with van der Waals surface area (Å²) in [6.07, 6.45) is 6.98. The fourth-order valence-electron chi connectivity index (χ4n) is 3.09. The van der Waals surface area contributed by atoms with Crippen molar-refractivity contribution in [2.45, 2.75) is 51.9 Å². The largest absolute Gasteiger partial charge is 0.396 e. The minimum absolute atomic E-state index is 0.168. The zero-order valence-corrected chi connectivity index (χ0v) is 12.6. The number of aliphatic hydroxyl groups excluding tert-OH is 1. The van der Waals surface area contributed by atoms with Crippen molar-refractivity contribution in [2.24, 2.45) is 5.41 Å². The van der Waals surface area contributed by atoms with E-state index in [0.717, 1.165) is 64.6 Å². The van der Waals surface area contributed by atoms with Crippen LogP contribution in [0.4, 0.5) is 0 Å². The maximum absolute atomic E-state index is 12.7. The molecule has 0 spiro atoms. The fourth-order valence-corrected chi connectivity index (χ4v) is 3.09. The van der Waals surface area contributed by atoms with E-state index in [0.29, 0.717) is 5.91 Å². The van der Waals surface area contributed by atoms with Gasteiger partial charge in [-0.2, -0.15) is 0 Å². The molecule has 0 bridgehead atoms. The lowest BCUT2D eigenvalue weighted by Gasteiger charge is -2.39. The summed E-state index contributed by atoms with van der Waals surface area (Å²) in [7, 11) is 1.92. The number of piperidine rings is 1. The lowest BCUT2D eigenvalue weighted by atomic mass is 9.75. The van der Waals surface area contributed by atoms with Crippen LogP contribution in [0, 0.1) is 5.41 Å². The second kappa shape index (κ2) is 8.54. The molecule has 1 atom stereocenters. The molecule has 0 aromatic heterocycles. The van der Waals surface area contributed by atoms with Gasteiger partial charge in [-0.3, -0.25) is 4.79 Å². The summed E-state index contributed by atoms with van der Waals surface area (Å²) in [5.41, 5.74) is -0.168. The Morgan fingerprint density at radius 3 is 2.74 bits per heavy atom. The first kappa shape index (κ1) is 16.4. The highest BCUT2D eigenvalue weighted by Crippen LogP contribution is 2.33. The molecule has 0 aliphatic carbocycles. The van der Waals surface area contributed by atoms with Crippen molar-refractivity contribution in [1.29, 1.82) is 0 Å². The molecule has 1 aliphatic heterocycles. The monoisotopic (exact) mass is 270 g/mol. The Hall–Kier alpha value is -0.610. The van der Waals surface area contributed by atoms with Gasteiger partial charge in [0.05, 0.1) is 5.41 Å². The van der Waals surface area contributed by atoms with E-state index >= 15 is 0 Å². The number of amides is 1. The molecule has 19 heavy (non-hydrogen) atoms. The van der Waals surface area contributed by atoms with Gasteiger partial charge in [-0.05, 0) is 45.1 Å². The van der Waals surface area contributed by atoms with Gasteiger partial charge in [-0.15, -0.1) is 0 Å². The van der Waals surface area contributed by atoms with E-state index in [1.807, 2.05) is 11.9 Å². The van der Waals surface area contributed by atoms with Crippen LogP contribution in [-0.2, 0) is 4.79 Å². The maximum atomic E-state index is 12.7. The molecule has 112 valence electrons. The van der Waals surface area contributed by atoms with Crippen molar-refractivity contribution < 1.29 is 9.90 Å². The molecule has 4 heteroatoms. The van der Waals surface area contributed by atoms with Gasteiger partial charge in [-0.25, -0.2) is 0 Å². The van der Waals surface area contributed by atoms with E-state index in [1.54, 1.807) is 0 Å². The molecule has 1 heterocycles. The van der Waals surface area contributed by atoms with Gasteiger partial charge in [0.15, 0.2) is 0 Å². The number of hydrogen-bond donors (Lipinski definition) is 2. The molecular weight excluding hydrogens is 240 g/mol. The van der Waals surface area contributed by atoms with E-state index < -0.39 is 0 Å². The van der Waals surface area contributed by atoms with E-state index in [4.69, 9.17) is 5.11 Å². The number of aliphatic hydroxyl groups is 1. The van der Waals surface area contributed by atoms with Gasteiger partial charge < -0.3 is 15.3 Å². The summed E-state index contributed by atoms with van der Waals surface area (Å²) >= 11 is 0. The summed E-state index contributed by atoms with van der Waals surface area (Å²) in [4.78, 5) is 14.6. The van der Waals surface area contributed by atoms with Crippen LogP contribution in [0.3, 0.4) is 0 Å². The smallest absolute Gasteiger partial charge is 0.229 e. The average Bonchev–Trinajstić information content (AvgIpc) is 2.44. The van der Waals surface area contributed by atoms with Gasteiger partial charge in [0, 0.05) is 26.7 Å². The highest BCUT2D eigenvalue weighted by atomic mass is 16.2. The molecule has 0 aromatic rings. The van der Waals surface area contributed by atoms with Crippen LogP contribution in [0.2, 0.25) is 0 Å². The Morgan fingerprint density at radius 1 is 1.37 bits per heavy atom. The Morgan fingerprint density at radius 2 is 2.16 bits per heavy atom. The van der Waals surface area contributed by atoms with E-state index in [-0.39, 0.29) is 12.0 Å². The van der Waals surface area contributed by atoms with Gasteiger partial charge in [0.25, 0.3) is 0 Å². The summed E-state index contributed by atoms with van der Waals surface area (Å²) < 4.78 is 0. The Bertz CT molecular complexity index is 257. The van der Waals surface area contributed by atoms with Crippen LogP contribution in [0.25, 0.3) is 0 Å². The summed E-state index contributed by atoms with van der Waals surface area (Å²) in [5.74, 6) is 0.311. The number of nitrogens with zero attached hydrogens (tertiary/aromatic N) is 1. The van der Waals surface area contributed by atoms with Gasteiger partial charge in [0.1, 0.15) is 0 Å². The van der Waals surface area contributed by atoms with Gasteiger partial charge >= 0.3 is 0 Å². The van der Waals surface area contributed by atoms with Gasteiger partial charge in [0.2, 0.25) is 5.91 Å². The third-order valence-electron chi connectivity index (χ3n) is 4.15. The molecule has 0 radical (unpaired) electrons. The molecule has 0 aromatic carbocycles. The molecule has 1 aliphatic rings. The first-order chi connectivity index (χ1) is 9.16. The number of carbonyl (C=O) groups excluding carboxylic acids is 1. The number of unbranched alkanes of at least 4 members (excludes halogenated alkanes) is 2. The quantitative estimate of drug-likeness (QED) is 0.661. The van der Waals surface area contributed by atoms with Crippen molar-refractivity contribution >= 4 is 5.91 Å². The Kier molecular flexibility index (Phi) is 7.39. The molecular formula is C15H30N2O2. The van der Waals surface area contributed by atoms with Gasteiger partial charge in [-0.1, -0.05) is 13.3 Å². The zero-order valence-electron chi connectivity index (χ0n) is 12.6. The SMILES string of the molecule is CCCC1(C(=O)N(C)CCCCCO)CCCNC1.